The Labute approximate surface area is 172 Å². The van der Waals surface area contributed by atoms with E-state index in [1.807, 2.05) is 0 Å². The molecule has 9 heteroatoms. The number of hydrogen-bond donors (Lipinski definition) is 2. The predicted molar refractivity (Wildman–Crippen MR) is 106 cm³/mol. The second-order valence-corrected chi connectivity index (χ2v) is 7.41. The van der Waals surface area contributed by atoms with Gasteiger partial charge in [-0.1, -0.05) is 39.1 Å². The van der Waals surface area contributed by atoms with Gasteiger partial charge in [-0.15, -0.1) is 0 Å². The minimum atomic E-state index is -0.884. The number of phenols is 1. The van der Waals surface area contributed by atoms with Gasteiger partial charge >= 0.3 is 6.03 Å². The van der Waals surface area contributed by atoms with Crippen LogP contribution < -0.4 is 10.2 Å². The number of phenolic OH excluding ortho intramolecular Hbond substituents is 1. The number of rotatable bonds is 2. The highest BCUT2D eigenvalue weighted by molar-refractivity contribution is 9.10. The lowest BCUT2D eigenvalue weighted by Crippen LogP contribution is -2.54. The molecule has 1 heterocycles. The van der Waals surface area contributed by atoms with Crippen LogP contribution in [0.3, 0.4) is 0 Å². The zero-order valence-corrected chi connectivity index (χ0v) is 16.8. The minimum absolute atomic E-state index is 0.0329. The highest BCUT2D eigenvalue weighted by atomic mass is 79.9. The van der Waals surface area contributed by atoms with Gasteiger partial charge in [-0.2, -0.15) is 0 Å². The van der Waals surface area contributed by atoms with Gasteiger partial charge in [0, 0.05) is 15.1 Å². The van der Waals surface area contributed by atoms with Crippen molar-refractivity contribution in [3.8, 4) is 5.75 Å². The van der Waals surface area contributed by atoms with E-state index in [4.69, 9.17) is 23.2 Å². The molecule has 1 fully saturated rings. The summed E-state index contributed by atoms with van der Waals surface area (Å²) in [6.45, 7) is 1.80. The number of nitrogens with one attached hydrogen (secondary N) is 1. The molecule has 2 N–H and O–H groups in total. The van der Waals surface area contributed by atoms with Crippen molar-refractivity contribution in [2.45, 2.75) is 6.92 Å². The van der Waals surface area contributed by atoms with Crippen LogP contribution in [0.25, 0.3) is 6.08 Å². The van der Waals surface area contributed by atoms with Gasteiger partial charge in [0.25, 0.3) is 11.8 Å². The van der Waals surface area contributed by atoms with E-state index < -0.39 is 17.8 Å². The van der Waals surface area contributed by atoms with Crippen LogP contribution in [-0.2, 0) is 9.59 Å². The normalized spacial score (nSPS) is 16.1. The third kappa shape index (κ3) is 3.71. The van der Waals surface area contributed by atoms with Gasteiger partial charge < -0.3 is 5.11 Å². The summed E-state index contributed by atoms with van der Waals surface area (Å²) in [5.74, 6) is -2.05. The molecule has 0 atom stereocenters. The Bertz CT molecular complexity index is 1040. The van der Waals surface area contributed by atoms with Gasteiger partial charge in [0.05, 0.1) is 10.7 Å². The van der Waals surface area contributed by atoms with Crippen LogP contribution in [0, 0.1) is 6.92 Å². The van der Waals surface area contributed by atoms with E-state index in [0.29, 0.717) is 5.69 Å². The van der Waals surface area contributed by atoms with Gasteiger partial charge in [0.2, 0.25) is 0 Å². The maximum atomic E-state index is 12.8. The van der Waals surface area contributed by atoms with Crippen molar-refractivity contribution < 1.29 is 19.5 Å². The molecule has 1 aliphatic heterocycles. The number of hydrogen-bond acceptors (Lipinski definition) is 4. The zero-order valence-electron chi connectivity index (χ0n) is 13.7. The molecule has 0 spiro atoms. The molecule has 0 bridgehead atoms. The first-order valence-electron chi connectivity index (χ1n) is 7.54. The summed E-state index contributed by atoms with van der Waals surface area (Å²) in [6.07, 6.45) is 1.13. The Morgan fingerprint density at radius 3 is 2.52 bits per heavy atom. The van der Waals surface area contributed by atoms with Crippen molar-refractivity contribution in [1.82, 2.24) is 5.32 Å². The molecule has 3 rings (SSSR count). The van der Waals surface area contributed by atoms with E-state index in [0.717, 1.165) is 21.0 Å². The number of aryl methyl sites for hydroxylation is 1. The quantitative estimate of drug-likeness (QED) is 0.503. The largest absolute Gasteiger partial charge is 0.506 e. The van der Waals surface area contributed by atoms with E-state index >= 15 is 0 Å². The van der Waals surface area contributed by atoms with E-state index in [2.05, 4.69) is 21.2 Å². The lowest BCUT2D eigenvalue weighted by atomic mass is 10.1. The minimum Gasteiger partial charge on any atom is -0.506 e. The highest BCUT2D eigenvalue weighted by Crippen LogP contribution is 2.33. The van der Waals surface area contributed by atoms with Gasteiger partial charge in [-0.3, -0.25) is 14.9 Å². The zero-order chi connectivity index (χ0) is 19.9. The monoisotopic (exact) mass is 468 g/mol. The molecule has 1 aliphatic rings. The second-order valence-electron chi connectivity index (χ2n) is 5.72. The molecule has 27 heavy (non-hydrogen) atoms. The van der Waals surface area contributed by atoms with Crippen LogP contribution >= 0.6 is 39.1 Å². The Morgan fingerprint density at radius 2 is 1.85 bits per heavy atom. The number of nitrogens with zero attached hydrogens (tertiary/aromatic N) is 1. The SMILES string of the molecule is Cc1cc(N2C(=O)NC(=O)/C(=C\c3cc(Cl)cc(Cl)c3O)C2=O)ccc1Br. The van der Waals surface area contributed by atoms with Crippen molar-refractivity contribution >= 4 is 68.7 Å². The Balaban J connectivity index is 2.09. The Morgan fingerprint density at radius 1 is 1.15 bits per heavy atom. The van der Waals surface area contributed by atoms with Crippen LogP contribution in [0.1, 0.15) is 11.1 Å². The number of barbiturate groups is 1. The molecule has 6 nitrogen and oxygen atoms in total. The fraction of sp³-hybridized carbons (Fsp3) is 0.0556. The fourth-order valence-corrected chi connectivity index (χ4v) is 3.27. The first kappa shape index (κ1) is 19.4. The first-order chi connectivity index (χ1) is 12.7. The summed E-state index contributed by atoms with van der Waals surface area (Å²) >= 11 is 15.1. The molecule has 0 unspecified atom stereocenters. The molecule has 0 radical (unpaired) electrons. The van der Waals surface area contributed by atoms with Crippen LogP contribution in [0.4, 0.5) is 10.5 Å². The van der Waals surface area contributed by atoms with Crippen molar-refractivity contribution in [3.63, 3.8) is 0 Å². The lowest BCUT2D eigenvalue weighted by molar-refractivity contribution is -0.122. The van der Waals surface area contributed by atoms with Gasteiger partial charge in [-0.05, 0) is 48.9 Å². The Kier molecular flexibility index (Phi) is 5.28. The van der Waals surface area contributed by atoms with Gasteiger partial charge in [-0.25, -0.2) is 9.69 Å². The maximum Gasteiger partial charge on any atom is 0.335 e. The number of urea groups is 1. The summed E-state index contributed by atoms with van der Waals surface area (Å²) in [4.78, 5) is 38.1. The molecular weight excluding hydrogens is 459 g/mol. The number of carbonyl (C=O) groups excluding carboxylic acids is 3. The molecule has 138 valence electrons. The van der Waals surface area contributed by atoms with Crippen LogP contribution in [0.2, 0.25) is 10.0 Å². The topological polar surface area (TPSA) is 86.7 Å². The van der Waals surface area contributed by atoms with E-state index in [1.165, 1.54) is 12.1 Å². The molecule has 4 amide bonds. The molecule has 0 aromatic heterocycles. The van der Waals surface area contributed by atoms with Crippen LogP contribution in [0.5, 0.6) is 5.75 Å². The number of amides is 4. The van der Waals surface area contributed by atoms with Crippen LogP contribution in [0.15, 0.2) is 40.4 Å². The molecule has 1 saturated heterocycles. The third-order valence-corrected chi connectivity index (χ3v) is 5.25. The van der Waals surface area contributed by atoms with Crippen molar-refractivity contribution in [1.29, 1.82) is 0 Å². The third-order valence-electron chi connectivity index (χ3n) is 3.86. The average Bonchev–Trinajstić information content (AvgIpc) is 2.58. The van der Waals surface area contributed by atoms with E-state index in [1.54, 1.807) is 25.1 Å². The van der Waals surface area contributed by atoms with Crippen LogP contribution in [-0.4, -0.2) is 23.0 Å². The van der Waals surface area contributed by atoms with Gasteiger partial charge in [0.1, 0.15) is 11.3 Å². The molecule has 2 aromatic rings. The van der Waals surface area contributed by atoms with Crippen molar-refractivity contribution in [2.24, 2.45) is 0 Å². The first-order valence-corrected chi connectivity index (χ1v) is 9.09. The predicted octanol–water partition coefficient (Wildman–Crippen LogP) is 4.44. The number of imide groups is 2. The summed E-state index contributed by atoms with van der Waals surface area (Å²) in [5, 5.41) is 12.4. The summed E-state index contributed by atoms with van der Waals surface area (Å²) < 4.78 is 0.807. The highest BCUT2D eigenvalue weighted by Gasteiger charge is 2.37. The second kappa shape index (κ2) is 7.34. The number of anilines is 1. The molecule has 0 aliphatic carbocycles. The number of benzene rings is 2. The van der Waals surface area contributed by atoms with E-state index in [-0.39, 0.29) is 26.9 Å². The van der Waals surface area contributed by atoms with Crippen molar-refractivity contribution in [2.75, 3.05) is 4.90 Å². The average molecular weight is 470 g/mol. The standard InChI is InChI=1S/C18H11BrCl2N2O4/c1-8-4-11(2-3-13(8)19)23-17(26)12(16(25)22-18(23)27)6-9-5-10(20)7-14(21)15(9)24/h2-7,24H,1H3,(H,22,25,27)/b12-6+. The van der Waals surface area contributed by atoms with Gasteiger partial charge in [0.15, 0.2) is 0 Å². The summed E-state index contributed by atoms with van der Waals surface area (Å²) in [7, 11) is 0. The fourth-order valence-electron chi connectivity index (χ4n) is 2.51. The molecule has 2 aromatic carbocycles. The summed E-state index contributed by atoms with van der Waals surface area (Å²) in [5.41, 5.74) is 0.829. The molecular formula is C18H11BrCl2N2O4. The smallest absolute Gasteiger partial charge is 0.335 e. The Hall–Kier alpha value is -2.35. The van der Waals surface area contributed by atoms with Crippen molar-refractivity contribution in [3.05, 3.63) is 61.5 Å². The number of aromatic hydroxyl groups is 1. The lowest BCUT2D eigenvalue weighted by Gasteiger charge is -2.26. The molecule has 0 saturated carbocycles. The maximum absolute atomic E-state index is 12.8. The number of carbonyl (C=O) groups is 3. The number of halogens is 3. The van der Waals surface area contributed by atoms with E-state index in [9.17, 15) is 19.5 Å². The summed E-state index contributed by atoms with van der Waals surface area (Å²) in [6, 6.07) is 6.69.